The van der Waals surface area contributed by atoms with Crippen LogP contribution in [0, 0.1) is 16.7 Å². The van der Waals surface area contributed by atoms with E-state index in [1.54, 1.807) is 18.7 Å². The van der Waals surface area contributed by atoms with Gasteiger partial charge in [0.2, 0.25) is 5.91 Å². The Morgan fingerprint density at radius 1 is 1.26 bits per heavy atom. The molecule has 1 heterocycles. The number of nitriles is 1. The van der Waals surface area contributed by atoms with Crippen molar-refractivity contribution in [2.45, 2.75) is 26.7 Å². The van der Waals surface area contributed by atoms with Crippen LogP contribution in [0.25, 0.3) is 0 Å². The summed E-state index contributed by atoms with van der Waals surface area (Å²) < 4.78 is 0. The quantitative estimate of drug-likeness (QED) is 0.786. The second-order valence-corrected chi connectivity index (χ2v) is 5.50. The number of carbonyl (C=O) groups excluding carboxylic acids is 1. The first-order valence-corrected chi connectivity index (χ1v) is 6.47. The van der Waals surface area contributed by atoms with E-state index in [2.05, 4.69) is 11.0 Å². The van der Waals surface area contributed by atoms with Crippen molar-refractivity contribution in [1.29, 1.82) is 5.26 Å². The molecular weight excluding hydrogens is 246 g/mol. The highest BCUT2D eigenvalue weighted by Crippen LogP contribution is 2.22. The van der Waals surface area contributed by atoms with Gasteiger partial charge in [0, 0.05) is 45.6 Å². The van der Waals surface area contributed by atoms with Crippen LogP contribution in [0.2, 0.25) is 0 Å². The van der Waals surface area contributed by atoms with E-state index < -0.39 is 11.4 Å². The fourth-order valence-corrected chi connectivity index (χ4v) is 1.99. The molecule has 0 bridgehead atoms. The molecule has 1 rings (SSSR count). The maximum atomic E-state index is 12.0. The monoisotopic (exact) mass is 267 g/mol. The number of carboxylic acid groups (broad SMARTS) is 1. The number of rotatable bonds is 5. The summed E-state index contributed by atoms with van der Waals surface area (Å²) in [5, 5.41) is 17.5. The second kappa shape index (κ2) is 6.53. The first kappa shape index (κ1) is 15.4. The number of nitrogens with zero attached hydrogens (tertiary/aromatic N) is 3. The molecule has 0 aromatic carbocycles. The van der Waals surface area contributed by atoms with E-state index >= 15 is 0 Å². The van der Waals surface area contributed by atoms with Crippen molar-refractivity contribution in [2.75, 3.05) is 32.7 Å². The van der Waals surface area contributed by atoms with Gasteiger partial charge in [-0.3, -0.25) is 14.5 Å². The Hall–Kier alpha value is -1.61. The predicted molar refractivity (Wildman–Crippen MR) is 69.3 cm³/mol. The molecule has 0 radical (unpaired) electrons. The van der Waals surface area contributed by atoms with Crippen molar-refractivity contribution in [3.63, 3.8) is 0 Å². The summed E-state index contributed by atoms with van der Waals surface area (Å²) in [6.45, 7) is 6.59. The Morgan fingerprint density at radius 2 is 1.84 bits per heavy atom. The summed E-state index contributed by atoms with van der Waals surface area (Å²) in [6, 6.07) is 2.11. The SMILES string of the molecule is CC(C)(CC(=O)N1CCN(CCC#N)CC1)C(=O)O. The van der Waals surface area contributed by atoms with Crippen LogP contribution in [-0.4, -0.2) is 59.5 Å². The van der Waals surface area contributed by atoms with Crippen LogP contribution in [-0.2, 0) is 9.59 Å². The molecule has 0 saturated carbocycles. The van der Waals surface area contributed by atoms with Crippen molar-refractivity contribution in [3.05, 3.63) is 0 Å². The smallest absolute Gasteiger partial charge is 0.309 e. The average molecular weight is 267 g/mol. The first-order chi connectivity index (χ1) is 8.86. The van der Waals surface area contributed by atoms with Gasteiger partial charge in [0.05, 0.1) is 11.5 Å². The van der Waals surface area contributed by atoms with Crippen LogP contribution in [0.1, 0.15) is 26.7 Å². The number of carboxylic acids is 1. The molecule has 1 amide bonds. The fraction of sp³-hybridized carbons (Fsp3) is 0.769. The Kier molecular flexibility index (Phi) is 5.31. The van der Waals surface area contributed by atoms with E-state index in [0.717, 1.165) is 19.6 Å². The maximum absolute atomic E-state index is 12.0. The molecule has 0 unspecified atom stereocenters. The molecule has 1 N–H and O–H groups in total. The van der Waals surface area contributed by atoms with E-state index in [1.807, 2.05) is 0 Å². The zero-order valence-electron chi connectivity index (χ0n) is 11.6. The number of hydrogen-bond acceptors (Lipinski definition) is 4. The highest BCUT2D eigenvalue weighted by atomic mass is 16.4. The van der Waals surface area contributed by atoms with Crippen molar-refractivity contribution in [2.24, 2.45) is 5.41 Å². The van der Waals surface area contributed by atoms with Gasteiger partial charge in [-0.2, -0.15) is 5.26 Å². The molecule has 6 nitrogen and oxygen atoms in total. The van der Waals surface area contributed by atoms with Gasteiger partial charge in [-0.05, 0) is 13.8 Å². The number of piperazine rings is 1. The minimum atomic E-state index is -1.02. The minimum absolute atomic E-state index is 0.0283. The van der Waals surface area contributed by atoms with Gasteiger partial charge in [0.25, 0.3) is 0 Å². The van der Waals surface area contributed by atoms with Gasteiger partial charge >= 0.3 is 5.97 Å². The minimum Gasteiger partial charge on any atom is -0.481 e. The summed E-state index contributed by atoms with van der Waals surface area (Å²) in [5.41, 5.74) is -1.02. The highest BCUT2D eigenvalue weighted by Gasteiger charge is 2.32. The normalized spacial score (nSPS) is 17.0. The summed E-state index contributed by atoms with van der Waals surface area (Å²) in [5.74, 6) is -1.05. The van der Waals surface area contributed by atoms with E-state index in [9.17, 15) is 9.59 Å². The summed E-state index contributed by atoms with van der Waals surface area (Å²) >= 11 is 0. The van der Waals surface area contributed by atoms with Crippen LogP contribution in [0.4, 0.5) is 0 Å². The standard InChI is InChI=1S/C13H21N3O3/c1-13(2,12(18)19)10-11(17)16-8-6-15(7-9-16)5-3-4-14/h3,5-10H2,1-2H3,(H,18,19). The van der Waals surface area contributed by atoms with Crippen LogP contribution >= 0.6 is 0 Å². The van der Waals surface area contributed by atoms with Crippen molar-refractivity contribution < 1.29 is 14.7 Å². The van der Waals surface area contributed by atoms with E-state index in [-0.39, 0.29) is 12.3 Å². The summed E-state index contributed by atoms with van der Waals surface area (Å²) in [4.78, 5) is 26.9. The van der Waals surface area contributed by atoms with Crippen molar-refractivity contribution in [3.8, 4) is 6.07 Å². The zero-order valence-corrected chi connectivity index (χ0v) is 11.6. The van der Waals surface area contributed by atoms with E-state index in [4.69, 9.17) is 10.4 Å². The molecule has 19 heavy (non-hydrogen) atoms. The molecule has 1 saturated heterocycles. The third-order valence-electron chi connectivity index (χ3n) is 3.44. The molecule has 1 aliphatic heterocycles. The Morgan fingerprint density at radius 3 is 2.32 bits per heavy atom. The lowest BCUT2D eigenvalue weighted by molar-refractivity contribution is -0.151. The third-order valence-corrected chi connectivity index (χ3v) is 3.44. The summed E-state index contributed by atoms with van der Waals surface area (Å²) in [7, 11) is 0. The summed E-state index contributed by atoms with van der Waals surface area (Å²) in [6.07, 6.45) is 0.528. The molecule has 0 aliphatic carbocycles. The topological polar surface area (TPSA) is 84.6 Å². The van der Waals surface area contributed by atoms with Gasteiger partial charge in [-0.15, -0.1) is 0 Å². The molecule has 1 fully saturated rings. The zero-order chi connectivity index (χ0) is 14.5. The van der Waals surface area contributed by atoms with Gasteiger partial charge in [-0.1, -0.05) is 0 Å². The number of hydrogen-bond donors (Lipinski definition) is 1. The predicted octanol–water partition coefficient (Wildman–Crippen LogP) is 0.545. The Bertz CT molecular complexity index is 379. The van der Waals surface area contributed by atoms with Crippen molar-refractivity contribution >= 4 is 11.9 Å². The molecule has 0 atom stereocenters. The number of aliphatic carboxylic acids is 1. The van der Waals surface area contributed by atoms with E-state index in [0.29, 0.717) is 19.5 Å². The van der Waals surface area contributed by atoms with Gasteiger partial charge in [-0.25, -0.2) is 0 Å². The highest BCUT2D eigenvalue weighted by molar-refractivity contribution is 5.84. The van der Waals surface area contributed by atoms with E-state index in [1.165, 1.54) is 0 Å². The maximum Gasteiger partial charge on any atom is 0.309 e. The molecule has 0 spiro atoms. The largest absolute Gasteiger partial charge is 0.481 e. The van der Waals surface area contributed by atoms with Crippen LogP contribution in [0.3, 0.4) is 0 Å². The lowest BCUT2D eigenvalue weighted by Crippen LogP contribution is -2.49. The third kappa shape index (κ3) is 4.52. The Balaban J connectivity index is 2.41. The Labute approximate surface area is 113 Å². The number of amides is 1. The van der Waals surface area contributed by atoms with Gasteiger partial charge in [0.1, 0.15) is 0 Å². The fourth-order valence-electron chi connectivity index (χ4n) is 1.99. The lowest BCUT2D eigenvalue weighted by atomic mass is 9.89. The molecule has 0 aromatic rings. The van der Waals surface area contributed by atoms with Crippen LogP contribution < -0.4 is 0 Å². The molecule has 0 aromatic heterocycles. The number of carbonyl (C=O) groups is 2. The molecule has 1 aliphatic rings. The van der Waals surface area contributed by atoms with Crippen LogP contribution in [0.15, 0.2) is 0 Å². The molecule has 6 heteroatoms. The average Bonchev–Trinajstić information content (AvgIpc) is 2.36. The van der Waals surface area contributed by atoms with Crippen LogP contribution in [0.5, 0.6) is 0 Å². The van der Waals surface area contributed by atoms with Gasteiger partial charge < -0.3 is 10.0 Å². The molecule has 106 valence electrons. The second-order valence-electron chi connectivity index (χ2n) is 5.50. The first-order valence-electron chi connectivity index (χ1n) is 6.47. The van der Waals surface area contributed by atoms with Crippen molar-refractivity contribution in [1.82, 2.24) is 9.80 Å². The lowest BCUT2D eigenvalue weighted by Gasteiger charge is -2.35. The van der Waals surface area contributed by atoms with Gasteiger partial charge in [0.15, 0.2) is 0 Å². The molecular formula is C13H21N3O3.